The van der Waals surface area contributed by atoms with Crippen molar-refractivity contribution in [1.82, 2.24) is 16.0 Å². The zero-order chi connectivity index (χ0) is 22.9. The van der Waals surface area contributed by atoms with Gasteiger partial charge in [0, 0.05) is 33.0 Å². The molecule has 0 saturated heterocycles. The van der Waals surface area contributed by atoms with Crippen molar-refractivity contribution in [3.05, 3.63) is 0 Å². The number of aliphatic imine (C=N–C) groups is 2. The monoisotopic (exact) mass is 427 g/mol. The van der Waals surface area contributed by atoms with Gasteiger partial charge in [0.2, 0.25) is 17.7 Å². The normalized spacial score (nSPS) is 12.0. The van der Waals surface area contributed by atoms with E-state index in [-0.39, 0.29) is 30.8 Å². The van der Waals surface area contributed by atoms with Crippen LogP contribution in [-0.2, 0) is 19.2 Å². The third kappa shape index (κ3) is 14.6. The minimum atomic E-state index is -0.766. The Hall–Kier alpha value is -3.38. The summed E-state index contributed by atoms with van der Waals surface area (Å²) in [6.45, 7) is 2.03. The standard InChI is InChI=1S/C17H33N9O4/c1-11(28)25-13(5-3-8-24-17(20)21)15(30)22-9-6-14(29)26-12(10-27)4-2-7-23-16(18)19/h10,12-13H,2-9H2,1H3,(H,22,30)(H,25,28)(H,26,29)(H4,18,19,23)(H4,20,21,24). The van der Waals surface area contributed by atoms with Crippen LogP contribution in [0.2, 0.25) is 0 Å². The average molecular weight is 428 g/mol. The number of hydrogen-bond donors (Lipinski definition) is 7. The molecule has 0 radical (unpaired) electrons. The summed E-state index contributed by atoms with van der Waals surface area (Å²) in [5.74, 6) is -1.26. The lowest BCUT2D eigenvalue weighted by atomic mass is 10.1. The van der Waals surface area contributed by atoms with Gasteiger partial charge in [-0.3, -0.25) is 24.4 Å². The Morgan fingerprint density at radius 2 is 1.50 bits per heavy atom. The van der Waals surface area contributed by atoms with Crippen LogP contribution in [0.3, 0.4) is 0 Å². The topological polar surface area (TPSA) is 233 Å². The molecule has 11 N–H and O–H groups in total. The number of carbonyl (C=O) groups is 4. The highest BCUT2D eigenvalue weighted by molar-refractivity contribution is 5.87. The van der Waals surface area contributed by atoms with E-state index in [4.69, 9.17) is 22.9 Å². The Labute approximate surface area is 175 Å². The Bertz CT molecular complexity index is 629. The summed E-state index contributed by atoms with van der Waals surface area (Å²) in [5.41, 5.74) is 20.9. The van der Waals surface area contributed by atoms with Gasteiger partial charge in [-0.1, -0.05) is 0 Å². The van der Waals surface area contributed by atoms with Crippen LogP contribution >= 0.6 is 0 Å². The molecule has 0 spiro atoms. The van der Waals surface area contributed by atoms with E-state index in [1.807, 2.05) is 0 Å². The minimum absolute atomic E-state index is 0.0230. The highest BCUT2D eigenvalue weighted by atomic mass is 16.2. The van der Waals surface area contributed by atoms with Gasteiger partial charge < -0.3 is 43.7 Å². The van der Waals surface area contributed by atoms with Gasteiger partial charge in [-0.05, 0) is 25.7 Å². The molecule has 0 aliphatic carbocycles. The number of guanidine groups is 2. The molecule has 170 valence electrons. The fraction of sp³-hybridized carbons (Fsp3) is 0.647. The van der Waals surface area contributed by atoms with E-state index in [0.29, 0.717) is 45.1 Å². The molecule has 0 aliphatic heterocycles. The van der Waals surface area contributed by atoms with Crippen molar-refractivity contribution in [1.29, 1.82) is 0 Å². The number of carbonyl (C=O) groups excluding carboxylic acids is 4. The van der Waals surface area contributed by atoms with Crippen molar-refractivity contribution >= 4 is 35.9 Å². The second-order valence-electron chi connectivity index (χ2n) is 6.50. The number of aldehydes is 1. The van der Waals surface area contributed by atoms with Gasteiger partial charge in [0.15, 0.2) is 11.9 Å². The molecule has 0 aromatic rings. The number of nitrogens with one attached hydrogen (secondary N) is 3. The second kappa shape index (κ2) is 15.5. The molecule has 0 aromatic carbocycles. The van der Waals surface area contributed by atoms with E-state index in [9.17, 15) is 19.2 Å². The Kier molecular flexibility index (Phi) is 13.8. The zero-order valence-corrected chi connectivity index (χ0v) is 17.2. The molecule has 0 bridgehead atoms. The smallest absolute Gasteiger partial charge is 0.242 e. The van der Waals surface area contributed by atoms with Crippen LogP contribution < -0.4 is 38.9 Å². The maximum Gasteiger partial charge on any atom is 0.242 e. The number of nitrogens with zero attached hydrogens (tertiary/aromatic N) is 2. The van der Waals surface area contributed by atoms with Crippen LogP contribution in [0.25, 0.3) is 0 Å². The lowest BCUT2D eigenvalue weighted by Gasteiger charge is -2.17. The lowest BCUT2D eigenvalue weighted by molar-refractivity contribution is -0.128. The van der Waals surface area contributed by atoms with Crippen molar-refractivity contribution in [2.75, 3.05) is 19.6 Å². The van der Waals surface area contributed by atoms with Gasteiger partial charge in [0.25, 0.3) is 0 Å². The van der Waals surface area contributed by atoms with E-state index in [0.717, 1.165) is 0 Å². The summed E-state index contributed by atoms with van der Waals surface area (Å²) in [5, 5.41) is 7.70. The van der Waals surface area contributed by atoms with Gasteiger partial charge in [0.05, 0.1) is 6.04 Å². The molecule has 2 atom stereocenters. The number of rotatable bonds is 15. The molecule has 0 saturated carbocycles. The summed E-state index contributed by atoms with van der Waals surface area (Å²) in [6, 6.07) is -1.43. The van der Waals surface area contributed by atoms with Crippen LogP contribution in [0.4, 0.5) is 0 Å². The summed E-state index contributed by atoms with van der Waals surface area (Å²) < 4.78 is 0. The van der Waals surface area contributed by atoms with Crippen LogP contribution in [0.5, 0.6) is 0 Å². The van der Waals surface area contributed by atoms with E-state index in [1.54, 1.807) is 0 Å². The van der Waals surface area contributed by atoms with Gasteiger partial charge >= 0.3 is 0 Å². The summed E-state index contributed by atoms with van der Waals surface area (Å²) in [7, 11) is 0. The van der Waals surface area contributed by atoms with Crippen LogP contribution in [0.1, 0.15) is 39.0 Å². The summed E-state index contributed by atoms with van der Waals surface area (Å²) in [6.07, 6.45) is 2.34. The largest absolute Gasteiger partial charge is 0.370 e. The van der Waals surface area contributed by atoms with E-state index in [1.165, 1.54) is 6.92 Å². The molecule has 13 heteroatoms. The fourth-order valence-electron chi connectivity index (χ4n) is 2.41. The maximum atomic E-state index is 12.3. The number of nitrogens with two attached hydrogens (primary N) is 4. The van der Waals surface area contributed by atoms with Crippen LogP contribution in [0.15, 0.2) is 9.98 Å². The van der Waals surface area contributed by atoms with Crippen molar-refractivity contribution in [3.8, 4) is 0 Å². The Morgan fingerprint density at radius 1 is 0.933 bits per heavy atom. The Morgan fingerprint density at radius 3 is 2.00 bits per heavy atom. The zero-order valence-electron chi connectivity index (χ0n) is 17.2. The third-order valence-corrected chi connectivity index (χ3v) is 3.77. The highest BCUT2D eigenvalue weighted by Gasteiger charge is 2.19. The fourth-order valence-corrected chi connectivity index (χ4v) is 2.41. The molecular formula is C17H33N9O4. The Balaban J connectivity index is 4.34. The average Bonchev–Trinajstić information content (AvgIpc) is 2.65. The van der Waals surface area contributed by atoms with Crippen LogP contribution in [-0.4, -0.2) is 67.6 Å². The van der Waals surface area contributed by atoms with Crippen molar-refractivity contribution in [2.24, 2.45) is 32.9 Å². The lowest BCUT2D eigenvalue weighted by Crippen LogP contribution is -2.47. The summed E-state index contributed by atoms with van der Waals surface area (Å²) >= 11 is 0. The molecule has 0 aliphatic rings. The van der Waals surface area contributed by atoms with Gasteiger partial charge in [-0.2, -0.15) is 0 Å². The number of hydrogen-bond acceptors (Lipinski definition) is 6. The van der Waals surface area contributed by atoms with E-state index in [2.05, 4.69) is 25.9 Å². The molecule has 30 heavy (non-hydrogen) atoms. The second-order valence-corrected chi connectivity index (χ2v) is 6.50. The molecule has 0 aromatic heterocycles. The first kappa shape index (κ1) is 26.6. The first-order chi connectivity index (χ1) is 14.1. The molecule has 3 amide bonds. The van der Waals surface area contributed by atoms with Gasteiger partial charge in [-0.25, -0.2) is 0 Å². The molecule has 0 heterocycles. The molecular weight excluding hydrogens is 394 g/mol. The van der Waals surface area contributed by atoms with Crippen LogP contribution in [0, 0.1) is 0 Å². The molecule has 2 unspecified atom stereocenters. The van der Waals surface area contributed by atoms with Crippen molar-refractivity contribution < 1.29 is 19.2 Å². The molecule has 0 fully saturated rings. The molecule has 13 nitrogen and oxygen atoms in total. The van der Waals surface area contributed by atoms with Gasteiger partial charge in [-0.15, -0.1) is 0 Å². The first-order valence-electron chi connectivity index (χ1n) is 9.56. The predicted molar refractivity (Wildman–Crippen MR) is 113 cm³/mol. The highest BCUT2D eigenvalue weighted by Crippen LogP contribution is 2.00. The van der Waals surface area contributed by atoms with Gasteiger partial charge in [0.1, 0.15) is 12.3 Å². The predicted octanol–water partition coefficient (Wildman–Crippen LogP) is -3.21. The maximum absolute atomic E-state index is 12.3. The molecule has 0 rings (SSSR count). The van der Waals surface area contributed by atoms with Crippen molar-refractivity contribution in [2.45, 2.75) is 51.1 Å². The summed E-state index contributed by atoms with van der Waals surface area (Å²) in [4.78, 5) is 54.2. The third-order valence-electron chi connectivity index (χ3n) is 3.77. The van der Waals surface area contributed by atoms with Crippen molar-refractivity contribution in [3.63, 3.8) is 0 Å². The SMILES string of the molecule is CC(=O)NC(CCCN=C(N)N)C(=O)NCCC(=O)NC(C=O)CCCN=C(N)N. The number of amides is 3. The first-order valence-corrected chi connectivity index (χ1v) is 9.56. The minimum Gasteiger partial charge on any atom is -0.370 e. The van der Waals surface area contributed by atoms with E-state index >= 15 is 0 Å². The quantitative estimate of drug-likeness (QED) is 0.0606. The van der Waals surface area contributed by atoms with E-state index < -0.39 is 23.9 Å².